The minimum absolute atomic E-state index is 0.103. The molecule has 1 aliphatic rings. The minimum Gasteiger partial charge on any atom is -0.366 e. The fraction of sp³-hybridized carbons (Fsp3) is 0.200. The van der Waals surface area contributed by atoms with Crippen LogP contribution in [0.5, 0.6) is 0 Å². The molecule has 1 aromatic heterocycles. The smallest absolute Gasteiger partial charge is 0.248 e. The summed E-state index contributed by atoms with van der Waals surface area (Å²) in [5.74, 6) is 1.28. The molecule has 2 heterocycles. The lowest BCUT2D eigenvalue weighted by molar-refractivity contribution is 0.100. The average molecular weight is 358 g/mol. The molecule has 7 nitrogen and oxygen atoms in total. The summed E-state index contributed by atoms with van der Waals surface area (Å²) in [4.78, 5) is 13.9. The molecule has 0 radical (unpaired) electrons. The molecule has 2 aromatic carbocycles. The van der Waals surface area contributed by atoms with Gasteiger partial charge in [-0.1, -0.05) is 6.92 Å². The van der Waals surface area contributed by atoms with Crippen molar-refractivity contribution in [2.24, 2.45) is 5.73 Å². The van der Waals surface area contributed by atoms with E-state index in [0.29, 0.717) is 17.7 Å². The van der Waals surface area contributed by atoms with Gasteiger partial charge in [0.25, 0.3) is 0 Å². The summed E-state index contributed by atoms with van der Waals surface area (Å²) in [5, 5.41) is 17.7. The van der Waals surface area contributed by atoms with Gasteiger partial charge in [-0.05, 0) is 49.4 Å². The third-order valence-corrected chi connectivity index (χ3v) is 4.85. The second-order valence-corrected chi connectivity index (χ2v) is 6.68. The number of hydrogen-bond acceptors (Lipinski definition) is 5. The van der Waals surface area contributed by atoms with Crippen molar-refractivity contribution in [3.05, 3.63) is 65.2 Å². The number of nitrogens with two attached hydrogens (primary N) is 1. The summed E-state index contributed by atoms with van der Waals surface area (Å²) in [6, 6.07) is 14.9. The molecule has 7 heteroatoms. The first-order chi connectivity index (χ1) is 13.0. The van der Waals surface area contributed by atoms with E-state index >= 15 is 0 Å². The van der Waals surface area contributed by atoms with Crippen molar-refractivity contribution >= 4 is 17.3 Å². The number of aryl methyl sites for hydroxylation is 1. The fourth-order valence-electron chi connectivity index (χ4n) is 3.49. The van der Waals surface area contributed by atoms with E-state index in [-0.39, 0.29) is 5.92 Å². The largest absolute Gasteiger partial charge is 0.366 e. The quantitative estimate of drug-likeness (QED) is 0.759. The van der Waals surface area contributed by atoms with Crippen LogP contribution in [0.4, 0.5) is 11.4 Å². The molecule has 0 spiro atoms. The molecule has 0 saturated carbocycles. The van der Waals surface area contributed by atoms with Crippen molar-refractivity contribution in [3.8, 4) is 11.8 Å². The van der Waals surface area contributed by atoms with E-state index in [2.05, 4.69) is 28.1 Å². The van der Waals surface area contributed by atoms with Gasteiger partial charge >= 0.3 is 0 Å². The zero-order chi connectivity index (χ0) is 19.1. The second-order valence-electron chi connectivity index (χ2n) is 6.68. The highest BCUT2D eigenvalue weighted by molar-refractivity contribution is 5.95. The highest BCUT2D eigenvalue weighted by atomic mass is 16.1. The molecule has 1 aliphatic heterocycles. The van der Waals surface area contributed by atoms with Crippen molar-refractivity contribution in [1.29, 1.82) is 5.26 Å². The molecule has 134 valence electrons. The number of anilines is 2. The number of amides is 1. The number of carbonyl (C=O) groups excluding carboxylic acids is 1. The van der Waals surface area contributed by atoms with Crippen LogP contribution in [0.2, 0.25) is 0 Å². The summed E-state index contributed by atoms with van der Waals surface area (Å²) < 4.78 is 2.02. The Morgan fingerprint density at radius 1 is 1.19 bits per heavy atom. The lowest BCUT2D eigenvalue weighted by atomic mass is 10.1. The number of hydrogen-bond donors (Lipinski definition) is 1. The Bertz CT molecular complexity index is 1080. The van der Waals surface area contributed by atoms with Gasteiger partial charge < -0.3 is 10.6 Å². The molecule has 1 atom stereocenters. The summed E-state index contributed by atoms with van der Waals surface area (Å²) in [6.07, 6.45) is 0. The Morgan fingerprint density at radius 3 is 2.59 bits per heavy atom. The lowest BCUT2D eigenvalue weighted by Gasteiger charge is -2.27. The summed E-state index contributed by atoms with van der Waals surface area (Å²) in [7, 11) is 0. The number of primary amides is 1. The van der Waals surface area contributed by atoms with Crippen LogP contribution in [-0.4, -0.2) is 27.2 Å². The number of aromatic nitrogens is 3. The first kappa shape index (κ1) is 16.8. The van der Waals surface area contributed by atoms with Crippen LogP contribution in [0.25, 0.3) is 5.69 Å². The summed E-state index contributed by atoms with van der Waals surface area (Å²) >= 11 is 0. The van der Waals surface area contributed by atoms with E-state index < -0.39 is 5.91 Å². The number of nitrogens with zero attached hydrogens (tertiary/aromatic N) is 5. The van der Waals surface area contributed by atoms with Crippen molar-refractivity contribution in [1.82, 2.24) is 14.8 Å². The van der Waals surface area contributed by atoms with Crippen LogP contribution in [0, 0.1) is 18.3 Å². The monoisotopic (exact) mass is 358 g/mol. The third-order valence-electron chi connectivity index (χ3n) is 4.85. The summed E-state index contributed by atoms with van der Waals surface area (Å²) in [5.41, 5.74) is 9.23. The van der Waals surface area contributed by atoms with Crippen LogP contribution in [0.1, 0.15) is 40.4 Å². The maximum Gasteiger partial charge on any atom is 0.248 e. The molecule has 1 amide bonds. The number of carbonyl (C=O) groups is 1. The fourth-order valence-corrected chi connectivity index (χ4v) is 3.49. The van der Waals surface area contributed by atoms with Crippen molar-refractivity contribution < 1.29 is 4.79 Å². The van der Waals surface area contributed by atoms with E-state index in [9.17, 15) is 4.79 Å². The van der Waals surface area contributed by atoms with Crippen LogP contribution in [0.15, 0.2) is 42.5 Å². The first-order valence-electron chi connectivity index (χ1n) is 8.63. The average Bonchev–Trinajstić information content (AvgIpc) is 3.01. The van der Waals surface area contributed by atoms with Crippen LogP contribution < -0.4 is 10.6 Å². The Morgan fingerprint density at radius 2 is 1.93 bits per heavy atom. The Hall–Kier alpha value is -3.66. The highest BCUT2D eigenvalue weighted by Crippen LogP contribution is 2.38. The summed E-state index contributed by atoms with van der Waals surface area (Å²) in [6.45, 7) is 4.66. The molecule has 27 heavy (non-hydrogen) atoms. The van der Waals surface area contributed by atoms with Gasteiger partial charge in [0.2, 0.25) is 5.91 Å². The van der Waals surface area contributed by atoms with E-state index in [4.69, 9.17) is 11.0 Å². The van der Waals surface area contributed by atoms with Gasteiger partial charge in [-0.25, -0.2) is 0 Å². The SMILES string of the molecule is Cc1nnc2n1-c1ccc(C(N)=O)cc1N(c1ccc(C#N)cc1)C[C@H]2C. The van der Waals surface area contributed by atoms with E-state index in [0.717, 1.165) is 28.7 Å². The topological polar surface area (TPSA) is 101 Å². The van der Waals surface area contributed by atoms with Crippen molar-refractivity contribution in [3.63, 3.8) is 0 Å². The first-order valence-corrected chi connectivity index (χ1v) is 8.63. The van der Waals surface area contributed by atoms with E-state index in [1.807, 2.05) is 29.7 Å². The van der Waals surface area contributed by atoms with Gasteiger partial charge in [-0.2, -0.15) is 5.26 Å². The minimum atomic E-state index is -0.476. The number of rotatable bonds is 2. The molecule has 0 fully saturated rings. The lowest BCUT2D eigenvalue weighted by Crippen LogP contribution is -2.22. The Labute approximate surface area is 156 Å². The Kier molecular flexibility index (Phi) is 3.89. The molecule has 2 N–H and O–H groups in total. The molecule has 0 saturated heterocycles. The van der Waals surface area contributed by atoms with Crippen LogP contribution in [0.3, 0.4) is 0 Å². The second kappa shape index (κ2) is 6.25. The highest BCUT2D eigenvalue weighted by Gasteiger charge is 2.28. The number of nitriles is 1. The van der Waals surface area contributed by atoms with Crippen LogP contribution >= 0.6 is 0 Å². The normalized spacial score (nSPS) is 15.4. The zero-order valence-electron chi connectivity index (χ0n) is 15.0. The van der Waals surface area contributed by atoms with Gasteiger partial charge in [-0.15, -0.1) is 10.2 Å². The van der Waals surface area contributed by atoms with Crippen LogP contribution in [-0.2, 0) is 0 Å². The van der Waals surface area contributed by atoms with E-state index in [1.165, 1.54) is 0 Å². The van der Waals surface area contributed by atoms with Gasteiger partial charge in [0, 0.05) is 23.7 Å². The Balaban J connectivity index is 1.96. The maximum atomic E-state index is 11.8. The zero-order valence-corrected chi connectivity index (χ0v) is 15.0. The predicted octanol–water partition coefficient (Wildman–Crippen LogP) is 2.80. The standard InChI is InChI=1S/C20H18N6O/c1-12-11-25(16-6-3-14(10-21)4-7-16)18-9-15(19(22)27)5-8-17(18)26-13(2)23-24-20(12)26/h3-9,12H,11H2,1-2H3,(H2,22,27)/t12-/m1/s1. The van der Waals surface area contributed by atoms with Crippen molar-refractivity contribution in [2.45, 2.75) is 19.8 Å². The van der Waals surface area contributed by atoms with Gasteiger partial charge in [0.1, 0.15) is 11.6 Å². The van der Waals surface area contributed by atoms with Gasteiger partial charge in [0.15, 0.2) is 0 Å². The molecule has 0 aliphatic carbocycles. The van der Waals surface area contributed by atoms with E-state index in [1.54, 1.807) is 24.3 Å². The number of benzene rings is 2. The number of fused-ring (bicyclic) bond motifs is 3. The molecule has 0 unspecified atom stereocenters. The predicted molar refractivity (Wildman–Crippen MR) is 101 cm³/mol. The molecular formula is C20H18N6O. The maximum absolute atomic E-state index is 11.8. The van der Waals surface area contributed by atoms with Crippen molar-refractivity contribution in [2.75, 3.05) is 11.4 Å². The molecule has 3 aromatic rings. The molecular weight excluding hydrogens is 340 g/mol. The third kappa shape index (κ3) is 2.72. The molecule has 4 rings (SSSR count). The van der Waals surface area contributed by atoms with Gasteiger partial charge in [0.05, 0.1) is 23.0 Å². The molecule has 0 bridgehead atoms. The van der Waals surface area contributed by atoms with Gasteiger partial charge in [-0.3, -0.25) is 9.36 Å².